The molecule has 1 amide bonds. The highest BCUT2D eigenvalue weighted by molar-refractivity contribution is 6.34. The number of ether oxygens (including phenoxy) is 1. The Bertz CT molecular complexity index is 600. The molecule has 2 aliphatic carbocycles. The normalized spacial score (nSPS) is 22.9. The van der Waals surface area contributed by atoms with Crippen LogP contribution in [0, 0.1) is 20.8 Å². The molecule has 1 aromatic carbocycles. The van der Waals surface area contributed by atoms with E-state index < -0.39 is 0 Å². The van der Waals surface area contributed by atoms with E-state index in [1.54, 1.807) is 12.1 Å². The lowest BCUT2D eigenvalue weighted by molar-refractivity contribution is 0.0954. The van der Waals surface area contributed by atoms with Gasteiger partial charge in [-0.05, 0) is 56.2 Å². The predicted octanol–water partition coefficient (Wildman–Crippen LogP) is 5.30. The van der Waals surface area contributed by atoms with E-state index in [-0.39, 0.29) is 32.9 Å². The fraction of sp³-hybridized carbons (Fsp3) is 0.565. The Kier molecular flexibility index (Phi) is 10.9. The lowest BCUT2D eigenvalue weighted by Gasteiger charge is -2.19. The van der Waals surface area contributed by atoms with Crippen molar-refractivity contribution in [3.8, 4) is 5.75 Å². The SMILES string of the molecule is NC1CCC(Oc2ccc(C(=O)NC[C]3CCCCCCC3)c(Cl)c2)C1.[CH2].[CH2]. The molecule has 2 unspecified atom stereocenters. The Balaban J connectivity index is 0.00000196. The quantitative estimate of drug-likeness (QED) is 0.698. The molecule has 0 spiro atoms. The number of amides is 1. The molecule has 1 aromatic rings. The van der Waals surface area contributed by atoms with Crippen molar-refractivity contribution in [1.82, 2.24) is 5.32 Å². The van der Waals surface area contributed by atoms with Gasteiger partial charge in [-0.25, -0.2) is 0 Å². The first-order valence-electron chi connectivity index (χ1n) is 9.95. The zero-order valence-electron chi connectivity index (χ0n) is 16.9. The molecule has 2 saturated carbocycles. The van der Waals surface area contributed by atoms with Gasteiger partial charge in [0.25, 0.3) is 5.91 Å². The Hall–Kier alpha value is -1.26. The van der Waals surface area contributed by atoms with Gasteiger partial charge < -0.3 is 15.8 Å². The summed E-state index contributed by atoms with van der Waals surface area (Å²) in [6.45, 7) is 0.660. The van der Waals surface area contributed by atoms with Crippen LogP contribution in [0.1, 0.15) is 74.6 Å². The molecule has 28 heavy (non-hydrogen) atoms. The van der Waals surface area contributed by atoms with Crippen LogP contribution in [0.2, 0.25) is 5.02 Å². The zero-order chi connectivity index (χ0) is 18.4. The molecule has 3 N–H and O–H groups in total. The van der Waals surface area contributed by atoms with Crippen molar-refractivity contribution in [2.45, 2.75) is 76.4 Å². The minimum absolute atomic E-state index is 0. The fourth-order valence-corrected chi connectivity index (χ4v) is 4.17. The van der Waals surface area contributed by atoms with Crippen molar-refractivity contribution in [3.63, 3.8) is 0 Å². The van der Waals surface area contributed by atoms with Gasteiger partial charge in [0.15, 0.2) is 0 Å². The molecule has 0 saturated heterocycles. The lowest BCUT2D eigenvalue weighted by atomic mass is 9.91. The van der Waals surface area contributed by atoms with Crippen LogP contribution in [0.4, 0.5) is 0 Å². The van der Waals surface area contributed by atoms with Crippen molar-refractivity contribution in [2.24, 2.45) is 5.73 Å². The van der Waals surface area contributed by atoms with Crippen LogP contribution in [0.15, 0.2) is 18.2 Å². The summed E-state index contributed by atoms with van der Waals surface area (Å²) in [7, 11) is 0. The molecular formula is C23H34ClN2O2. The van der Waals surface area contributed by atoms with Crippen LogP contribution in [0.25, 0.3) is 0 Å². The molecule has 2 fully saturated rings. The standard InChI is InChI=1S/C21H30ClN2O2.2CH2/c22-20-13-18(26-17-9-8-16(23)12-17)10-11-19(20)21(25)24-14-15-6-4-2-1-3-5-7-15;;/h10-11,13,16-17H,1-9,12,14,23H2,(H,24,25);2*1H2. The third-order valence-electron chi connectivity index (χ3n) is 5.47. The molecule has 4 nitrogen and oxygen atoms in total. The Morgan fingerprint density at radius 3 is 2.39 bits per heavy atom. The summed E-state index contributed by atoms with van der Waals surface area (Å²) in [5.41, 5.74) is 6.43. The summed E-state index contributed by atoms with van der Waals surface area (Å²) < 4.78 is 5.94. The van der Waals surface area contributed by atoms with Crippen molar-refractivity contribution in [1.29, 1.82) is 0 Å². The maximum absolute atomic E-state index is 12.5. The summed E-state index contributed by atoms with van der Waals surface area (Å²) in [5, 5.41) is 3.47. The van der Waals surface area contributed by atoms with Crippen LogP contribution in [0.5, 0.6) is 5.75 Å². The number of carbonyl (C=O) groups is 1. The van der Waals surface area contributed by atoms with Gasteiger partial charge >= 0.3 is 0 Å². The second kappa shape index (κ2) is 12.3. The first-order valence-corrected chi connectivity index (χ1v) is 10.3. The van der Waals surface area contributed by atoms with Crippen molar-refractivity contribution in [3.05, 3.63) is 49.6 Å². The number of nitrogens with one attached hydrogen (secondary N) is 1. The molecule has 2 aliphatic rings. The van der Waals surface area contributed by atoms with Gasteiger partial charge in [0.05, 0.1) is 10.6 Å². The first kappa shape index (κ1) is 24.8. The molecule has 0 aromatic heterocycles. The summed E-state index contributed by atoms with van der Waals surface area (Å²) in [4.78, 5) is 12.5. The molecule has 2 atom stereocenters. The minimum Gasteiger partial charge on any atom is -0.490 e. The highest BCUT2D eigenvalue weighted by Gasteiger charge is 2.23. The Labute approximate surface area is 176 Å². The van der Waals surface area contributed by atoms with Gasteiger partial charge in [-0.3, -0.25) is 4.79 Å². The van der Waals surface area contributed by atoms with Crippen molar-refractivity contribution < 1.29 is 9.53 Å². The average Bonchev–Trinajstić information content (AvgIpc) is 2.98. The van der Waals surface area contributed by atoms with E-state index in [0.717, 1.165) is 32.1 Å². The van der Waals surface area contributed by atoms with E-state index in [4.69, 9.17) is 22.1 Å². The van der Waals surface area contributed by atoms with Crippen molar-refractivity contribution in [2.75, 3.05) is 6.54 Å². The predicted molar refractivity (Wildman–Crippen MR) is 116 cm³/mol. The summed E-state index contributed by atoms with van der Waals surface area (Å²) in [5.74, 6) is 2.05. The van der Waals surface area contributed by atoms with Gasteiger partial charge in [0.1, 0.15) is 11.9 Å². The van der Waals surface area contributed by atoms with Gasteiger partial charge in [-0.2, -0.15) is 0 Å². The smallest absolute Gasteiger partial charge is 0.252 e. The van der Waals surface area contributed by atoms with Crippen LogP contribution >= 0.6 is 11.6 Å². The molecule has 155 valence electrons. The van der Waals surface area contributed by atoms with Crippen LogP contribution in [-0.2, 0) is 0 Å². The zero-order valence-corrected chi connectivity index (χ0v) is 17.6. The maximum atomic E-state index is 12.5. The second-order valence-electron chi connectivity index (χ2n) is 7.66. The number of benzene rings is 1. The first-order chi connectivity index (χ1) is 12.6. The molecule has 5 heteroatoms. The van der Waals surface area contributed by atoms with Crippen molar-refractivity contribution >= 4 is 17.5 Å². The van der Waals surface area contributed by atoms with Crippen LogP contribution in [0.3, 0.4) is 0 Å². The van der Waals surface area contributed by atoms with Crippen LogP contribution in [-0.4, -0.2) is 24.6 Å². The number of carbonyl (C=O) groups excluding carboxylic acids is 1. The van der Waals surface area contributed by atoms with E-state index in [0.29, 0.717) is 22.9 Å². The number of nitrogens with two attached hydrogens (primary N) is 1. The number of rotatable bonds is 5. The summed E-state index contributed by atoms with van der Waals surface area (Å²) in [6, 6.07) is 5.55. The highest BCUT2D eigenvalue weighted by atomic mass is 35.5. The number of halogens is 1. The fourth-order valence-electron chi connectivity index (χ4n) is 3.91. The van der Waals surface area contributed by atoms with E-state index in [9.17, 15) is 4.79 Å². The van der Waals surface area contributed by atoms with E-state index in [2.05, 4.69) is 5.32 Å². The minimum atomic E-state index is -0.112. The summed E-state index contributed by atoms with van der Waals surface area (Å²) in [6.07, 6.45) is 11.7. The lowest BCUT2D eigenvalue weighted by Crippen LogP contribution is -2.29. The molecule has 0 aliphatic heterocycles. The molecule has 3 rings (SSSR count). The van der Waals surface area contributed by atoms with Gasteiger partial charge in [0.2, 0.25) is 0 Å². The van der Waals surface area contributed by atoms with Crippen LogP contribution < -0.4 is 15.8 Å². The third-order valence-corrected chi connectivity index (χ3v) is 5.79. The van der Waals surface area contributed by atoms with Gasteiger partial charge in [-0.15, -0.1) is 0 Å². The Morgan fingerprint density at radius 2 is 1.79 bits per heavy atom. The highest BCUT2D eigenvalue weighted by Crippen LogP contribution is 2.28. The van der Waals surface area contributed by atoms with E-state index >= 15 is 0 Å². The largest absolute Gasteiger partial charge is 0.490 e. The number of hydrogen-bond acceptors (Lipinski definition) is 3. The number of hydrogen-bond donors (Lipinski definition) is 2. The summed E-state index contributed by atoms with van der Waals surface area (Å²) >= 11 is 6.34. The Morgan fingerprint density at radius 1 is 1.11 bits per heavy atom. The molecule has 0 bridgehead atoms. The topological polar surface area (TPSA) is 64.3 Å². The van der Waals surface area contributed by atoms with E-state index in [1.165, 1.54) is 38.0 Å². The third kappa shape index (κ3) is 7.29. The average molecular weight is 406 g/mol. The molecule has 5 radical (unpaired) electrons. The molecule has 0 heterocycles. The molecular weight excluding hydrogens is 372 g/mol. The maximum Gasteiger partial charge on any atom is 0.252 e. The van der Waals surface area contributed by atoms with Gasteiger partial charge in [0, 0.05) is 12.6 Å². The van der Waals surface area contributed by atoms with Gasteiger partial charge in [-0.1, -0.05) is 58.6 Å². The second-order valence-corrected chi connectivity index (χ2v) is 8.06. The monoisotopic (exact) mass is 405 g/mol. The van der Waals surface area contributed by atoms with E-state index in [1.807, 2.05) is 6.07 Å².